The first-order valence-electron chi connectivity index (χ1n) is 3.57. The number of phenolic OH excluding ortho intramolecular Hbond substituents is 1. The van der Waals surface area contributed by atoms with Crippen LogP contribution < -0.4 is 0 Å². The lowest BCUT2D eigenvalue weighted by atomic mass is 10.1. The number of hydrogen-bond acceptors (Lipinski definition) is 2. The Kier molecular flexibility index (Phi) is 4.05. The van der Waals surface area contributed by atoms with Gasteiger partial charge in [0.2, 0.25) is 0 Å². The van der Waals surface area contributed by atoms with Crippen molar-refractivity contribution in [2.75, 3.05) is 0 Å². The van der Waals surface area contributed by atoms with Gasteiger partial charge in [-0.15, -0.1) is 0 Å². The Labute approximate surface area is 72.9 Å². The van der Waals surface area contributed by atoms with Gasteiger partial charge < -0.3 is 5.11 Å². The lowest BCUT2D eigenvalue weighted by Gasteiger charge is -1.99. The summed E-state index contributed by atoms with van der Waals surface area (Å²) in [6.07, 6.45) is 0.428. The van der Waals surface area contributed by atoms with Gasteiger partial charge in [-0.25, -0.2) is 0 Å². The lowest BCUT2D eigenvalue weighted by molar-refractivity contribution is 0.0985. The highest BCUT2D eigenvalue weighted by molar-refractivity contribution is 5.98. The molecule has 0 aliphatic carbocycles. The van der Waals surface area contributed by atoms with Crippen LogP contribution in [0.15, 0.2) is 24.3 Å². The summed E-state index contributed by atoms with van der Waals surface area (Å²) >= 11 is 0. The molecule has 0 heterocycles. The Bertz CT molecular complexity index is 266. The van der Waals surface area contributed by atoms with Gasteiger partial charge in [0.1, 0.15) is 5.75 Å². The molecule has 1 aromatic carbocycles. The number of ketones is 1. The summed E-state index contributed by atoms with van der Waals surface area (Å²) in [4.78, 5) is 11.1. The monoisotopic (exact) mass is 166 g/mol. The molecule has 0 radical (unpaired) electrons. The predicted molar refractivity (Wildman–Crippen MR) is 49.5 cm³/mol. The van der Waals surface area contributed by atoms with Crippen molar-refractivity contribution < 1.29 is 9.90 Å². The zero-order valence-electron chi connectivity index (χ0n) is 6.37. The van der Waals surface area contributed by atoms with E-state index >= 15 is 0 Å². The van der Waals surface area contributed by atoms with Crippen LogP contribution in [0.25, 0.3) is 0 Å². The summed E-state index contributed by atoms with van der Waals surface area (Å²) in [6.45, 7) is 1.77. The molecule has 0 aromatic heterocycles. The van der Waals surface area contributed by atoms with E-state index in [4.69, 9.17) is 0 Å². The first-order valence-corrected chi connectivity index (χ1v) is 3.57. The van der Waals surface area contributed by atoms with Gasteiger partial charge >= 0.3 is 0 Å². The molecule has 0 saturated carbocycles. The van der Waals surface area contributed by atoms with Crippen LogP contribution >= 0.6 is 0 Å². The van der Waals surface area contributed by atoms with E-state index in [-0.39, 0.29) is 19.0 Å². The number of aromatic hydroxyl groups is 1. The second-order valence-electron chi connectivity index (χ2n) is 2.29. The number of benzene rings is 1. The minimum atomic E-state index is -0.0249. The number of rotatable bonds is 2. The Hall–Kier alpha value is -1.31. The van der Waals surface area contributed by atoms with E-state index < -0.39 is 0 Å². The van der Waals surface area contributed by atoms with Crippen molar-refractivity contribution in [2.45, 2.75) is 20.8 Å². The smallest absolute Gasteiger partial charge is 0.166 e. The molecule has 0 bridgehead atoms. The second kappa shape index (κ2) is 4.54. The quantitative estimate of drug-likeness (QED) is 0.686. The molecule has 2 heteroatoms. The highest BCUT2D eigenvalue weighted by Crippen LogP contribution is 2.16. The number of carbonyl (C=O) groups is 1. The molecule has 0 amide bonds. The first-order chi connectivity index (χ1) is 5.25. The van der Waals surface area contributed by atoms with Crippen LogP contribution in [0.2, 0.25) is 0 Å². The maximum Gasteiger partial charge on any atom is 0.166 e. The minimum Gasteiger partial charge on any atom is -0.507 e. The van der Waals surface area contributed by atoms with E-state index in [0.29, 0.717) is 12.0 Å². The number of hydrogen-bond donors (Lipinski definition) is 1. The Morgan fingerprint density at radius 3 is 2.50 bits per heavy atom. The first kappa shape index (κ1) is 10.7. The standard InChI is InChI=1S/C9H10O2.CH4/c1-2-8(10)7-5-3-4-6-9(7)11;/h3-6,11H,2H2,1H3;1H4. The maximum atomic E-state index is 11.1. The van der Waals surface area contributed by atoms with Gasteiger partial charge in [-0.1, -0.05) is 26.5 Å². The van der Waals surface area contributed by atoms with Crippen molar-refractivity contribution in [1.29, 1.82) is 0 Å². The Morgan fingerprint density at radius 2 is 2.00 bits per heavy atom. The van der Waals surface area contributed by atoms with Crippen LogP contribution in [-0.4, -0.2) is 10.9 Å². The molecule has 1 aromatic rings. The van der Waals surface area contributed by atoms with Crippen molar-refractivity contribution in [1.82, 2.24) is 0 Å². The molecule has 0 fully saturated rings. The normalized spacial score (nSPS) is 8.75. The van der Waals surface area contributed by atoms with Gasteiger partial charge in [0, 0.05) is 6.42 Å². The summed E-state index contributed by atoms with van der Waals surface area (Å²) in [7, 11) is 0. The van der Waals surface area contributed by atoms with Gasteiger partial charge in [-0.05, 0) is 12.1 Å². The molecule has 12 heavy (non-hydrogen) atoms. The van der Waals surface area contributed by atoms with Crippen LogP contribution in [0.4, 0.5) is 0 Å². The zero-order chi connectivity index (χ0) is 8.27. The molecule has 2 nitrogen and oxygen atoms in total. The van der Waals surface area contributed by atoms with Gasteiger partial charge in [-0.2, -0.15) is 0 Å². The van der Waals surface area contributed by atoms with Crippen molar-refractivity contribution in [3.63, 3.8) is 0 Å². The number of phenols is 1. The van der Waals surface area contributed by atoms with E-state index in [2.05, 4.69) is 0 Å². The van der Waals surface area contributed by atoms with Crippen molar-refractivity contribution in [3.05, 3.63) is 29.8 Å². The Balaban J connectivity index is 0.00000121. The zero-order valence-corrected chi connectivity index (χ0v) is 6.37. The second-order valence-corrected chi connectivity index (χ2v) is 2.29. The molecule has 0 aliphatic heterocycles. The fourth-order valence-corrected chi connectivity index (χ4v) is 0.900. The largest absolute Gasteiger partial charge is 0.507 e. The van der Waals surface area contributed by atoms with E-state index in [1.807, 2.05) is 0 Å². The van der Waals surface area contributed by atoms with Crippen molar-refractivity contribution >= 4 is 5.78 Å². The number of Topliss-reactive ketones (excluding diaryl/α,β-unsaturated/α-hetero) is 1. The van der Waals surface area contributed by atoms with Gasteiger partial charge in [0.05, 0.1) is 5.56 Å². The SMILES string of the molecule is C.CCC(=O)c1ccccc1O. The van der Waals surface area contributed by atoms with E-state index in [1.54, 1.807) is 25.1 Å². The molecule has 0 aliphatic rings. The van der Waals surface area contributed by atoms with Crippen LogP contribution in [0.3, 0.4) is 0 Å². The third-order valence-corrected chi connectivity index (χ3v) is 1.53. The summed E-state index contributed by atoms with van der Waals surface area (Å²) in [6, 6.07) is 6.58. The van der Waals surface area contributed by atoms with Crippen LogP contribution in [0.1, 0.15) is 31.1 Å². The van der Waals surface area contributed by atoms with Crippen LogP contribution in [0.5, 0.6) is 5.75 Å². The van der Waals surface area contributed by atoms with Crippen LogP contribution in [0, 0.1) is 0 Å². The molecular weight excluding hydrogens is 152 g/mol. The van der Waals surface area contributed by atoms with E-state index in [9.17, 15) is 9.90 Å². The molecular formula is C10H14O2. The third kappa shape index (κ3) is 2.09. The molecule has 0 saturated heterocycles. The van der Waals surface area contributed by atoms with Gasteiger partial charge in [-0.3, -0.25) is 4.79 Å². The molecule has 0 atom stereocenters. The van der Waals surface area contributed by atoms with Crippen LogP contribution in [-0.2, 0) is 0 Å². The number of carbonyl (C=O) groups excluding carboxylic acids is 1. The van der Waals surface area contributed by atoms with Crippen molar-refractivity contribution in [3.8, 4) is 5.75 Å². The maximum absolute atomic E-state index is 11.1. The molecule has 66 valence electrons. The number of para-hydroxylation sites is 1. The fraction of sp³-hybridized carbons (Fsp3) is 0.300. The fourth-order valence-electron chi connectivity index (χ4n) is 0.900. The highest BCUT2D eigenvalue weighted by atomic mass is 16.3. The summed E-state index contributed by atoms with van der Waals surface area (Å²) in [5.74, 6) is 0.0439. The third-order valence-electron chi connectivity index (χ3n) is 1.53. The average molecular weight is 166 g/mol. The van der Waals surface area contributed by atoms with E-state index in [1.165, 1.54) is 6.07 Å². The lowest BCUT2D eigenvalue weighted by Crippen LogP contribution is -1.95. The summed E-state index contributed by atoms with van der Waals surface area (Å²) < 4.78 is 0. The minimum absolute atomic E-state index is 0. The molecule has 0 spiro atoms. The van der Waals surface area contributed by atoms with Gasteiger partial charge in [0.25, 0.3) is 0 Å². The summed E-state index contributed by atoms with van der Waals surface area (Å²) in [5, 5.41) is 9.19. The van der Waals surface area contributed by atoms with Crippen molar-refractivity contribution in [2.24, 2.45) is 0 Å². The predicted octanol–water partition coefficient (Wildman–Crippen LogP) is 2.62. The average Bonchev–Trinajstić information content (AvgIpc) is 2.04. The molecule has 1 N–H and O–H groups in total. The Morgan fingerprint density at radius 1 is 1.42 bits per heavy atom. The molecule has 1 rings (SSSR count). The highest BCUT2D eigenvalue weighted by Gasteiger charge is 2.06. The van der Waals surface area contributed by atoms with E-state index in [0.717, 1.165) is 0 Å². The molecule has 0 unspecified atom stereocenters. The topological polar surface area (TPSA) is 37.3 Å². The van der Waals surface area contributed by atoms with Gasteiger partial charge in [0.15, 0.2) is 5.78 Å². The summed E-state index contributed by atoms with van der Waals surface area (Å²) in [5.41, 5.74) is 0.412.